The molecule has 0 fully saturated rings. The third-order valence-corrected chi connectivity index (χ3v) is 2.05. The minimum atomic E-state index is -0.767. The maximum Gasteiger partial charge on any atom is 0.160 e. The topological polar surface area (TPSA) is 64.1 Å². The Morgan fingerprint density at radius 2 is 2.50 bits per heavy atom. The SMILES string of the molecule is CCn1ncnc1C(O)c1ccoc1. The van der Waals surface area contributed by atoms with Crippen LogP contribution in [0.4, 0.5) is 0 Å². The highest BCUT2D eigenvalue weighted by Crippen LogP contribution is 2.19. The van der Waals surface area contributed by atoms with Gasteiger partial charge < -0.3 is 9.52 Å². The fourth-order valence-electron chi connectivity index (χ4n) is 1.31. The van der Waals surface area contributed by atoms with Gasteiger partial charge >= 0.3 is 0 Å². The number of rotatable bonds is 3. The summed E-state index contributed by atoms with van der Waals surface area (Å²) in [5.41, 5.74) is 0.688. The molecular formula is C9H11N3O2. The Morgan fingerprint density at radius 3 is 3.14 bits per heavy atom. The third-order valence-electron chi connectivity index (χ3n) is 2.05. The van der Waals surface area contributed by atoms with Crippen molar-refractivity contribution in [2.45, 2.75) is 19.6 Å². The number of hydrogen-bond acceptors (Lipinski definition) is 4. The zero-order chi connectivity index (χ0) is 9.97. The second-order valence-electron chi connectivity index (χ2n) is 2.89. The van der Waals surface area contributed by atoms with E-state index < -0.39 is 6.10 Å². The number of aromatic nitrogens is 3. The summed E-state index contributed by atoms with van der Waals surface area (Å²) < 4.78 is 6.54. The highest BCUT2D eigenvalue weighted by Gasteiger charge is 2.17. The normalized spacial score (nSPS) is 13.0. The number of hydrogen-bond donors (Lipinski definition) is 1. The average molecular weight is 193 g/mol. The molecule has 2 rings (SSSR count). The van der Waals surface area contributed by atoms with E-state index in [2.05, 4.69) is 10.1 Å². The van der Waals surface area contributed by atoms with E-state index in [4.69, 9.17) is 4.42 Å². The van der Waals surface area contributed by atoms with E-state index in [0.717, 1.165) is 0 Å². The van der Waals surface area contributed by atoms with Crippen molar-refractivity contribution < 1.29 is 9.52 Å². The van der Waals surface area contributed by atoms with Gasteiger partial charge in [0.25, 0.3) is 0 Å². The number of furan rings is 1. The van der Waals surface area contributed by atoms with Gasteiger partial charge in [-0.3, -0.25) is 0 Å². The summed E-state index contributed by atoms with van der Waals surface area (Å²) in [6.07, 6.45) is 3.68. The first kappa shape index (κ1) is 8.96. The molecule has 2 heterocycles. The Bertz CT molecular complexity index is 394. The van der Waals surface area contributed by atoms with Crippen LogP contribution in [0.3, 0.4) is 0 Å². The molecule has 0 aromatic carbocycles. The molecular weight excluding hydrogens is 182 g/mol. The lowest BCUT2D eigenvalue weighted by Crippen LogP contribution is -2.09. The molecule has 0 radical (unpaired) electrons. The van der Waals surface area contributed by atoms with Gasteiger partial charge in [-0.05, 0) is 13.0 Å². The van der Waals surface area contributed by atoms with Crippen LogP contribution < -0.4 is 0 Å². The van der Waals surface area contributed by atoms with E-state index >= 15 is 0 Å². The van der Waals surface area contributed by atoms with Crippen molar-refractivity contribution >= 4 is 0 Å². The van der Waals surface area contributed by atoms with Crippen LogP contribution in [0.5, 0.6) is 0 Å². The lowest BCUT2D eigenvalue weighted by Gasteiger charge is -2.07. The van der Waals surface area contributed by atoms with Crippen LogP contribution in [0.15, 0.2) is 29.3 Å². The van der Waals surface area contributed by atoms with Crippen molar-refractivity contribution in [2.75, 3.05) is 0 Å². The van der Waals surface area contributed by atoms with Gasteiger partial charge in [-0.1, -0.05) is 0 Å². The zero-order valence-corrected chi connectivity index (χ0v) is 7.79. The van der Waals surface area contributed by atoms with E-state index in [1.807, 2.05) is 6.92 Å². The third kappa shape index (κ3) is 1.42. The molecule has 0 aliphatic carbocycles. The number of nitrogens with zero attached hydrogens (tertiary/aromatic N) is 3. The summed E-state index contributed by atoms with van der Waals surface area (Å²) in [6, 6.07) is 1.71. The van der Waals surface area contributed by atoms with Crippen LogP contribution in [0, 0.1) is 0 Å². The molecule has 2 aromatic rings. The van der Waals surface area contributed by atoms with E-state index in [-0.39, 0.29) is 0 Å². The fourth-order valence-corrected chi connectivity index (χ4v) is 1.31. The first-order valence-corrected chi connectivity index (χ1v) is 4.40. The summed E-state index contributed by atoms with van der Waals surface area (Å²) >= 11 is 0. The standard InChI is InChI=1S/C9H11N3O2/c1-2-12-9(10-6-11-12)8(13)7-3-4-14-5-7/h3-6,8,13H,2H2,1H3. The van der Waals surface area contributed by atoms with E-state index in [9.17, 15) is 5.11 Å². The molecule has 5 nitrogen and oxygen atoms in total. The molecule has 0 bridgehead atoms. The monoisotopic (exact) mass is 193 g/mol. The summed E-state index contributed by atoms with van der Waals surface area (Å²) in [4.78, 5) is 4.00. The highest BCUT2D eigenvalue weighted by atomic mass is 16.3. The van der Waals surface area contributed by atoms with Crippen molar-refractivity contribution in [3.05, 3.63) is 36.3 Å². The lowest BCUT2D eigenvalue weighted by molar-refractivity contribution is 0.202. The Kier molecular flexibility index (Phi) is 2.32. The van der Waals surface area contributed by atoms with Crippen molar-refractivity contribution in [2.24, 2.45) is 0 Å². The van der Waals surface area contributed by atoms with Gasteiger partial charge in [0.15, 0.2) is 5.82 Å². The van der Waals surface area contributed by atoms with Crippen LogP contribution >= 0.6 is 0 Å². The Labute approximate surface area is 81.0 Å². The highest BCUT2D eigenvalue weighted by molar-refractivity contribution is 5.16. The van der Waals surface area contributed by atoms with Crippen LogP contribution in [-0.4, -0.2) is 19.9 Å². The summed E-state index contributed by atoms with van der Waals surface area (Å²) in [5.74, 6) is 0.536. The van der Waals surface area contributed by atoms with E-state index in [1.54, 1.807) is 10.7 Å². The molecule has 1 N–H and O–H groups in total. The Morgan fingerprint density at radius 1 is 1.64 bits per heavy atom. The van der Waals surface area contributed by atoms with Gasteiger partial charge in [-0.15, -0.1) is 0 Å². The molecule has 14 heavy (non-hydrogen) atoms. The molecule has 74 valence electrons. The molecule has 0 saturated heterocycles. The minimum absolute atomic E-state index is 0.536. The van der Waals surface area contributed by atoms with Crippen LogP contribution in [0.25, 0.3) is 0 Å². The quantitative estimate of drug-likeness (QED) is 0.788. The average Bonchev–Trinajstić information content (AvgIpc) is 2.87. The Balaban J connectivity index is 2.31. The number of aliphatic hydroxyl groups is 1. The molecule has 1 atom stereocenters. The fraction of sp³-hybridized carbons (Fsp3) is 0.333. The van der Waals surface area contributed by atoms with Crippen LogP contribution in [0.2, 0.25) is 0 Å². The lowest BCUT2D eigenvalue weighted by atomic mass is 10.2. The number of aryl methyl sites for hydroxylation is 1. The summed E-state index contributed by atoms with van der Waals surface area (Å²) in [6.45, 7) is 2.63. The zero-order valence-electron chi connectivity index (χ0n) is 7.79. The van der Waals surface area contributed by atoms with Gasteiger partial charge in [0.1, 0.15) is 12.4 Å². The molecule has 2 aromatic heterocycles. The van der Waals surface area contributed by atoms with Crippen molar-refractivity contribution in [3.8, 4) is 0 Å². The molecule has 0 spiro atoms. The minimum Gasteiger partial charge on any atom is -0.472 e. The summed E-state index contributed by atoms with van der Waals surface area (Å²) in [5, 5.41) is 13.9. The van der Waals surface area contributed by atoms with Gasteiger partial charge in [0.2, 0.25) is 0 Å². The molecule has 5 heteroatoms. The second-order valence-corrected chi connectivity index (χ2v) is 2.89. The molecule has 0 amide bonds. The van der Waals surface area contributed by atoms with Crippen molar-refractivity contribution in [1.82, 2.24) is 14.8 Å². The Hall–Kier alpha value is -1.62. The van der Waals surface area contributed by atoms with E-state index in [1.165, 1.54) is 18.9 Å². The maximum absolute atomic E-state index is 9.90. The molecule has 0 aliphatic rings. The van der Waals surface area contributed by atoms with E-state index in [0.29, 0.717) is 17.9 Å². The largest absolute Gasteiger partial charge is 0.472 e. The van der Waals surface area contributed by atoms with Crippen LogP contribution in [0.1, 0.15) is 24.4 Å². The van der Waals surface area contributed by atoms with Crippen LogP contribution in [-0.2, 0) is 6.54 Å². The molecule has 1 unspecified atom stereocenters. The van der Waals surface area contributed by atoms with Gasteiger partial charge in [-0.25, -0.2) is 9.67 Å². The maximum atomic E-state index is 9.90. The van der Waals surface area contributed by atoms with Crippen molar-refractivity contribution in [1.29, 1.82) is 0 Å². The first-order valence-electron chi connectivity index (χ1n) is 4.40. The van der Waals surface area contributed by atoms with Gasteiger partial charge in [0.05, 0.1) is 12.5 Å². The summed E-state index contributed by atoms with van der Waals surface area (Å²) in [7, 11) is 0. The smallest absolute Gasteiger partial charge is 0.160 e. The predicted molar refractivity (Wildman–Crippen MR) is 48.5 cm³/mol. The molecule has 0 aliphatic heterocycles. The molecule has 0 saturated carbocycles. The van der Waals surface area contributed by atoms with Gasteiger partial charge in [-0.2, -0.15) is 5.10 Å². The first-order chi connectivity index (χ1) is 6.83. The van der Waals surface area contributed by atoms with Gasteiger partial charge in [0, 0.05) is 12.1 Å². The van der Waals surface area contributed by atoms with Crippen molar-refractivity contribution in [3.63, 3.8) is 0 Å². The predicted octanol–water partition coefficient (Wildman–Crippen LogP) is 0.973. The number of aliphatic hydroxyl groups excluding tert-OH is 1. The second kappa shape index (κ2) is 3.63.